The number of benzene rings is 1. The highest BCUT2D eigenvalue weighted by Crippen LogP contribution is 2.34. The second kappa shape index (κ2) is 5.85. The van der Waals surface area contributed by atoms with Crippen LogP contribution >= 0.6 is 11.6 Å². The lowest BCUT2D eigenvalue weighted by atomic mass is 10.1. The molecule has 0 amide bonds. The summed E-state index contributed by atoms with van der Waals surface area (Å²) in [5.41, 5.74) is 2.04. The molecule has 114 valence electrons. The van der Waals surface area contributed by atoms with E-state index in [0.29, 0.717) is 6.04 Å². The number of likely N-dealkylation sites (tertiary alicyclic amines) is 1. The van der Waals surface area contributed by atoms with E-state index in [-0.39, 0.29) is 5.38 Å². The Hall–Kier alpha value is -1.26. The number of imidazole rings is 1. The van der Waals surface area contributed by atoms with Crippen LogP contribution in [-0.2, 0) is 0 Å². The van der Waals surface area contributed by atoms with Crippen molar-refractivity contribution in [2.24, 2.45) is 0 Å². The number of para-hydroxylation sites is 1. The Bertz CT molecular complexity index is 638. The van der Waals surface area contributed by atoms with Gasteiger partial charge in [-0.05, 0) is 45.5 Å². The van der Waals surface area contributed by atoms with Crippen LogP contribution in [0.25, 0.3) is 11.0 Å². The molecule has 0 bridgehead atoms. The average molecular weight is 308 g/mol. The number of aromatic nitrogens is 2. The van der Waals surface area contributed by atoms with Gasteiger partial charge in [-0.25, -0.2) is 4.98 Å². The van der Waals surface area contributed by atoms with Crippen LogP contribution in [0.1, 0.15) is 37.0 Å². The van der Waals surface area contributed by atoms with E-state index in [4.69, 9.17) is 21.3 Å². The Morgan fingerprint density at radius 3 is 2.90 bits per heavy atom. The van der Waals surface area contributed by atoms with Gasteiger partial charge in [0.15, 0.2) is 0 Å². The fourth-order valence-electron chi connectivity index (χ4n) is 3.29. The number of likely N-dealkylation sites (N-methyl/N-ethyl adjacent to an activating group) is 1. The SMILES string of the molecule is COc1cccc2c1nc(C(C)Cl)n2C1CCCN(C)C1. The number of hydrogen-bond donors (Lipinski definition) is 0. The normalized spacial score (nSPS) is 21.6. The Labute approximate surface area is 130 Å². The Balaban J connectivity index is 2.16. The molecule has 0 spiro atoms. The van der Waals surface area contributed by atoms with E-state index in [2.05, 4.69) is 22.6 Å². The zero-order valence-corrected chi connectivity index (χ0v) is 13.6. The molecule has 4 nitrogen and oxygen atoms in total. The van der Waals surface area contributed by atoms with Gasteiger partial charge in [0.05, 0.1) is 18.0 Å². The molecule has 1 aliphatic heterocycles. The second-order valence-corrected chi connectivity index (χ2v) is 6.50. The van der Waals surface area contributed by atoms with Crippen molar-refractivity contribution in [2.45, 2.75) is 31.2 Å². The molecule has 0 radical (unpaired) electrons. The molecule has 0 saturated carbocycles. The fourth-order valence-corrected chi connectivity index (χ4v) is 3.44. The van der Waals surface area contributed by atoms with Crippen molar-refractivity contribution in [3.8, 4) is 5.75 Å². The topological polar surface area (TPSA) is 30.3 Å². The summed E-state index contributed by atoms with van der Waals surface area (Å²) in [6, 6.07) is 6.52. The zero-order valence-electron chi connectivity index (χ0n) is 12.8. The molecule has 2 heterocycles. The number of nitrogens with zero attached hydrogens (tertiary/aromatic N) is 3. The number of rotatable bonds is 3. The van der Waals surface area contributed by atoms with Gasteiger partial charge in [-0.1, -0.05) is 6.07 Å². The summed E-state index contributed by atoms with van der Waals surface area (Å²) >= 11 is 6.39. The van der Waals surface area contributed by atoms with Crippen LogP contribution in [-0.4, -0.2) is 41.7 Å². The van der Waals surface area contributed by atoms with E-state index >= 15 is 0 Å². The summed E-state index contributed by atoms with van der Waals surface area (Å²) in [5.74, 6) is 1.76. The van der Waals surface area contributed by atoms with Crippen LogP contribution in [0.4, 0.5) is 0 Å². The van der Waals surface area contributed by atoms with Crippen molar-refractivity contribution in [3.63, 3.8) is 0 Å². The monoisotopic (exact) mass is 307 g/mol. The third kappa shape index (κ3) is 2.62. The Morgan fingerprint density at radius 1 is 1.43 bits per heavy atom. The molecule has 2 aromatic rings. The number of alkyl halides is 1. The number of hydrogen-bond acceptors (Lipinski definition) is 3. The molecule has 3 rings (SSSR count). The van der Waals surface area contributed by atoms with Gasteiger partial charge in [0.1, 0.15) is 17.1 Å². The van der Waals surface area contributed by atoms with Crippen LogP contribution in [0.2, 0.25) is 0 Å². The minimum absolute atomic E-state index is 0.116. The van der Waals surface area contributed by atoms with Crippen molar-refractivity contribution in [1.29, 1.82) is 0 Å². The average Bonchev–Trinajstić information content (AvgIpc) is 2.86. The van der Waals surface area contributed by atoms with Crippen molar-refractivity contribution in [2.75, 3.05) is 27.2 Å². The zero-order chi connectivity index (χ0) is 15.0. The first-order valence-electron chi connectivity index (χ1n) is 7.49. The van der Waals surface area contributed by atoms with Gasteiger partial charge in [-0.3, -0.25) is 0 Å². The van der Waals surface area contributed by atoms with E-state index in [1.807, 2.05) is 19.1 Å². The maximum absolute atomic E-state index is 6.39. The van der Waals surface area contributed by atoms with Crippen molar-refractivity contribution in [3.05, 3.63) is 24.0 Å². The molecule has 21 heavy (non-hydrogen) atoms. The lowest BCUT2D eigenvalue weighted by Crippen LogP contribution is -2.34. The molecule has 1 aromatic carbocycles. The third-order valence-electron chi connectivity index (χ3n) is 4.25. The summed E-state index contributed by atoms with van der Waals surface area (Å²) < 4.78 is 7.78. The first kappa shape index (κ1) is 14.7. The molecule has 1 aliphatic rings. The van der Waals surface area contributed by atoms with Gasteiger partial charge in [-0.2, -0.15) is 0 Å². The predicted molar refractivity (Wildman–Crippen MR) is 86.3 cm³/mol. The van der Waals surface area contributed by atoms with Crippen molar-refractivity contribution < 1.29 is 4.74 Å². The van der Waals surface area contributed by atoms with E-state index in [1.54, 1.807) is 7.11 Å². The molecule has 5 heteroatoms. The molecule has 2 unspecified atom stereocenters. The van der Waals surface area contributed by atoms with Crippen LogP contribution in [0, 0.1) is 0 Å². The summed E-state index contributed by atoms with van der Waals surface area (Å²) in [4.78, 5) is 7.15. The first-order chi connectivity index (χ1) is 10.1. The molecule has 1 fully saturated rings. The number of piperidine rings is 1. The number of halogens is 1. The van der Waals surface area contributed by atoms with Crippen LogP contribution in [0.15, 0.2) is 18.2 Å². The van der Waals surface area contributed by atoms with Crippen molar-refractivity contribution >= 4 is 22.6 Å². The molecule has 0 N–H and O–H groups in total. The van der Waals surface area contributed by atoms with E-state index in [1.165, 1.54) is 12.8 Å². The lowest BCUT2D eigenvalue weighted by molar-refractivity contribution is 0.212. The highest BCUT2D eigenvalue weighted by Gasteiger charge is 2.26. The van der Waals surface area contributed by atoms with Gasteiger partial charge in [-0.15, -0.1) is 11.6 Å². The van der Waals surface area contributed by atoms with E-state index in [0.717, 1.165) is 35.7 Å². The molecule has 0 aliphatic carbocycles. The fraction of sp³-hybridized carbons (Fsp3) is 0.562. The summed E-state index contributed by atoms with van der Waals surface area (Å²) in [5, 5.41) is -0.116. The molecular formula is C16H22ClN3O. The minimum atomic E-state index is -0.116. The largest absolute Gasteiger partial charge is 0.494 e. The summed E-state index contributed by atoms with van der Waals surface area (Å²) in [7, 11) is 3.86. The van der Waals surface area contributed by atoms with E-state index < -0.39 is 0 Å². The molecular weight excluding hydrogens is 286 g/mol. The van der Waals surface area contributed by atoms with Crippen LogP contribution in [0.3, 0.4) is 0 Å². The quantitative estimate of drug-likeness (QED) is 0.812. The lowest BCUT2D eigenvalue weighted by Gasteiger charge is -2.32. The van der Waals surface area contributed by atoms with Gasteiger partial charge in [0.25, 0.3) is 0 Å². The molecule has 1 saturated heterocycles. The smallest absolute Gasteiger partial charge is 0.146 e. The second-order valence-electron chi connectivity index (χ2n) is 5.84. The minimum Gasteiger partial charge on any atom is -0.494 e. The van der Waals surface area contributed by atoms with Crippen LogP contribution < -0.4 is 4.74 Å². The molecule has 1 aromatic heterocycles. The molecule has 2 atom stereocenters. The van der Waals surface area contributed by atoms with Gasteiger partial charge < -0.3 is 14.2 Å². The highest BCUT2D eigenvalue weighted by molar-refractivity contribution is 6.20. The maximum atomic E-state index is 6.39. The number of ether oxygens (including phenoxy) is 1. The van der Waals surface area contributed by atoms with Crippen LogP contribution in [0.5, 0.6) is 5.75 Å². The number of fused-ring (bicyclic) bond motifs is 1. The van der Waals surface area contributed by atoms with Gasteiger partial charge in [0, 0.05) is 12.6 Å². The standard InChI is InChI=1S/C16H22ClN3O/c1-11(17)16-18-15-13(7-4-8-14(15)21-3)20(16)12-6-5-9-19(2)10-12/h4,7-8,11-12H,5-6,9-10H2,1-3H3. The predicted octanol–water partition coefficient (Wildman–Crippen LogP) is 3.61. The van der Waals surface area contributed by atoms with Gasteiger partial charge >= 0.3 is 0 Å². The highest BCUT2D eigenvalue weighted by atomic mass is 35.5. The maximum Gasteiger partial charge on any atom is 0.146 e. The van der Waals surface area contributed by atoms with E-state index in [9.17, 15) is 0 Å². The first-order valence-corrected chi connectivity index (χ1v) is 7.93. The van der Waals surface area contributed by atoms with Gasteiger partial charge in [0.2, 0.25) is 0 Å². The Kier molecular flexibility index (Phi) is 4.09. The number of methoxy groups -OCH3 is 1. The third-order valence-corrected chi connectivity index (χ3v) is 4.45. The van der Waals surface area contributed by atoms with Crippen molar-refractivity contribution in [1.82, 2.24) is 14.5 Å². The summed E-state index contributed by atoms with van der Waals surface area (Å²) in [6.45, 7) is 4.19. The Morgan fingerprint density at radius 2 is 2.24 bits per heavy atom. The summed E-state index contributed by atoms with van der Waals surface area (Å²) in [6.07, 6.45) is 2.38.